The van der Waals surface area contributed by atoms with Crippen molar-refractivity contribution in [2.24, 2.45) is 5.73 Å². The summed E-state index contributed by atoms with van der Waals surface area (Å²) in [4.78, 5) is 15.2. The molecule has 1 aromatic heterocycles. The third-order valence-corrected chi connectivity index (χ3v) is 4.56. The summed E-state index contributed by atoms with van der Waals surface area (Å²) in [6, 6.07) is 7.53. The Hall–Kier alpha value is -2.61. The van der Waals surface area contributed by atoms with Gasteiger partial charge in [0.05, 0.1) is 11.9 Å². The molecule has 2 rings (SSSR count). The average Bonchev–Trinajstić information content (AvgIpc) is 2.47. The lowest BCUT2D eigenvalue weighted by molar-refractivity contribution is 0.265. The number of nitrogen functional groups attached to an aromatic ring is 1. The maximum absolute atomic E-state index is 11.9. The van der Waals surface area contributed by atoms with E-state index in [1.54, 1.807) is 0 Å². The highest BCUT2D eigenvalue weighted by Gasteiger charge is 2.24. The van der Waals surface area contributed by atoms with Gasteiger partial charge in [-0.1, -0.05) is 43.7 Å². The molecule has 5 N–H and O–H groups in total. The number of amides is 1. The largest absolute Gasteiger partial charge is 0.383 e. The molecule has 0 radical (unpaired) electrons. The van der Waals surface area contributed by atoms with Crippen molar-refractivity contribution >= 4 is 26.8 Å². The SMILES string of the molecule is Cc1cccc(-c2c(NS(=O)(=O)C(N)=O)cnc(N)c2C(C)C)c1. The molecule has 0 saturated heterocycles. The van der Waals surface area contributed by atoms with Crippen LogP contribution in [-0.4, -0.2) is 18.6 Å². The zero-order chi connectivity index (χ0) is 18.1. The van der Waals surface area contributed by atoms with Gasteiger partial charge in [-0.3, -0.25) is 9.52 Å². The van der Waals surface area contributed by atoms with Gasteiger partial charge in [-0.25, -0.2) is 4.98 Å². The van der Waals surface area contributed by atoms with Gasteiger partial charge < -0.3 is 11.5 Å². The Morgan fingerprint density at radius 2 is 1.96 bits per heavy atom. The number of carbonyl (C=O) groups excluding carboxylic acids is 1. The van der Waals surface area contributed by atoms with Crippen LogP contribution in [0.3, 0.4) is 0 Å². The highest BCUT2D eigenvalue weighted by Crippen LogP contribution is 2.38. The minimum atomic E-state index is -4.34. The predicted molar refractivity (Wildman–Crippen MR) is 95.0 cm³/mol. The number of nitrogens with zero attached hydrogens (tertiary/aromatic N) is 1. The molecule has 128 valence electrons. The lowest BCUT2D eigenvalue weighted by atomic mass is 9.91. The molecule has 1 amide bonds. The lowest BCUT2D eigenvalue weighted by Crippen LogP contribution is -2.28. The monoisotopic (exact) mass is 348 g/mol. The van der Waals surface area contributed by atoms with Crippen LogP contribution >= 0.6 is 0 Å². The number of rotatable bonds is 4. The van der Waals surface area contributed by atoms with Gasteiger partial charge in [0.1, 0.15) is 5.82 Å². The van der Waals surface area contributed by atoms with Crippen LogP contribution in [0.1, 0.15) is 30.9 Å². The van der Waals surface area contributed by atoms with Gasteiger partial charge in [0.15, 0.2) is 0 Å². The van der Waals surface area contributed by atoms with Crippen molar-refractivity contribution in [3.8, 4) is 11.1 Å². The van der Waals surface area contributed by atoms with Crippen LogP contribution in [0.4, 0.5) is 16.3 Å². The molecule has 0 unspecified atom stereocenters. The minimum Gasteiger partial charge on any atom is -0.383 e. The number of primary amides is 1. The number of aromatic nitrogens is 1. The Bertz CT molecular complexity index is 892. The van der Waals surface area contributed by atoms with Gasteiger partial charge in [0.25, 0.3) is 0 Å². The molecule has 0 aliphatic rings. The standard InChI is InChI=1S/C16H20N4O3S/c1-9(2)13-14(11-6-4-5-10(3)7-11)12(8-19-15(13)17)20-24(22,23)16(18)21/h4-9,20H,1-3H3,(H2,17,19)(H2,18,21). The van der Waals surface area contributed by atoms with Crippen molar-refractivity contribution in [1.29, 1.82) is 0 Å². The molecular weight excluding hydrogens is 328 g/mol. The molecule has 24 heavy (non-hydrogen) atoms. The Morgan fingerprint density at radius 3 is 2.50 bits per heavy atom. The van der Waals surface area contributed by atoms with E-state index < -0.39 is 15.3 Å². The zero-order valence-corrected chi connectivity index (χ0v) is 14.5. The number of carbonyl (C=O) groups is 1. The Balaban J connectivity index is 2.77. The van der Waals surface area contributed by atoms with Crippen molar-refractivity contribution < 1.29 is 13.2 Å². The van der Waals surface area contributed by atoms with E-state index in [1.807, 2.05) is 45.0 Å². The summed E-state index contributed by atoms with van der Waals surface area (Å²) in [6.45, 7) is 5.79. The smallest absolute Gasteiger partial charge is 0.354 e. The fourth-order valence-electron chi connectivity index (χ4n) is 2.51. The summed E-state index contributed by atoms with van der Waals surface area (Å²) in [6.07, 6.45) is 1.29. The normalized spacial score (nSPS) is 11.5. The summed E-state index contributed by atoms with van der Waals surface area (Å²) < 4.78 is 25.9. The second kappa shape index (κ2) is 6.48. The summed E-state index contributed by atoms with van der Waals surface area (Å²) in [7, 11) is -4.34. The van der Waals surface area contributed by atoms with Crippen LogP contribution in [0, 0.1) is 6.92 Å². The predicted octanol–water partition coefficient (Wildman–Crippen LogP) is 2.58. The second-order valence-corrected chi connectivity index (χ2v) is 7.41. The van der Waals surface area contributed by atoms with Gasteiger partial charge in [0.2, 0.25) is 0 Å². The number of nitrogens with one attached hydrogen (secondary N) is 1. The molecule has 1 aromatic carbocycles. The van der Waals surface area contributed by atoms with Gasteiger partial charge in [-0.05, 0) is 18.4 Å². The van der Waals surface area contributed by atoms with Gasteiger partial charge >= 0.3 is 15.3 Å². The van der Waals surface area contributed by atoms with E-state index in [9.17, 15) is 13.2 Å². The maximum Gasteiger partial charge on any atom is 0.354 e. The maximum atomic E-state index is 11.9. The summed E-state index contributed by atoms with van der Waals surface area (Å²) >= 11 is 0. The van der Waals surface area contributed by atoms with Crippen molar-refractivity contribution in [2.45, 2.75) is 26.7 Å². The van der Waals surface area contributed by atoms with Crippen LogP contribution < -0.4 is 16.2 Å². The van der Waals surface area contributed by atoms with Gasteiger partial charge in [-0.15, -0.1) is 0 Å². The minimum absolute atomic E-state index is 0.00829. The first-order valence-electron chi connectivity index (χ1n) is 7.31. The topological polar surface area (TPSA) is 128 Å². The number of hydrogen-bond acceptors (Lipinski definition) is 5. The van der Waals surface area contributed by atoms with Crippen molar-refractivity contribution in [2.75, 3.05) is 10.5 Å². The highest BCUT2D eigenvalue weighted by molar-refractivity contribution is 8.07. The number of sulfonamides is 1. The van der Waals surface area contributed by atoms with E-state index in [4.69, 9.17) is 11.5 Å². The molecule has 0 aliphatic heterocycles. The van der Waals surface area contributed by atoms with Crippen LogP contribution in [0.25, 0.3) is 11.1 Å². The Morgan fingerprint density at radius 1 is 1.29 bits per heavy atom. The molecule has 7 nitrogen and oxygen atoms in total. The van der Waals surface area contributed by atoms with E-state index >= 15 is 0 Å². The van der Waals surface area contributed by atoms with Crippen molar-refractivity contribution in [3.05, 3.63) is 41.6 Å². The first-order valence-corrected chi connectivity index (χ1v) is 8.79. The Labute approximate surface area is 141 Å². The van der Waals surface area contributed by atoms with E-state index in [0.29, 0.717) is 16.9 Å². The lowest BCUT2D eigenvalue weighted by Gasteiger charge is -2.19. The number of benzene rings is 1. The number of nitrogens with two attached hydrogens (primary N) is 2. The second-order valence-electron chi connectivity index (χ2n) is 5.79. The molecule has 0 atom stereocenters. The van der Waals surface area contributed by atoms with Crippen LogP contribution in [0.5, 0.6) is 0 Å². The van der Waals surface area contributed by atoms with E-state index in [1.165, 1.54) is 6.20 Å². The van der Waals surface area contributed by atoms with E-state index in [-0.39, 0.29) is 11.6 Å². The van der Waals surface area contributed by atoms with Gasteiger partial charge in [-0.2, -0.15) is 8.42 Å². The first-order chi connectivity index (χ1) is 11.1. The van der Waals surface area contributed by atoms with Gasteiger partial charge in [0, 0.05) is 11.1 Å². The van der Waals surface area contributed by atoms with Crippen LogP contribution in [-0.2, 0) is 10.0 Å². The number of anilines is 2. The Kier molecular flexibility index (Phi) is 4.79. The first kappa shape index (κ1) is 17.7. The molecule has 0 saturated carbocycles. The third kappa shape index (κ3) is 3.48. The number of pyridine rings is 1. The number of hydrogen-bond donors (Lipinski definition) is 3. The zero-order valence-electron chi connectivity index (χ0n) is 13.7. The highest BCUT2D eigenvalue weighted by atomic mass is 32.2. The van der Waals surface area contributed by atoms with Crippen molar-refractivity contribution in [1.82, 2.24) is 4.98 Å². The third-order valence-electron chi connectivity index (χ3n) is 3.54. The molecule has 1 heterocycles. The van der Waals surface area contributed by atoms with Crippen molar-refractivity contribution in [3.63, 3.8) is 0 Å². The summed E-state index contributed by atoms with van der Waals surface area (Å²) in [5.41, 5.74) is 14.2. The number of aryl methyl sites for hydroxylation is 1. The van der Waals surface area contributed by atoms with E-state index in [2.05, 4.69) is 9.71 Å². The quantitative estimate of drug-likeness (QED) is 0.782. The molecule has 0 aliphatic carbocycles. The van der Waals surface area contributed by atoms with E-state index in [0.717, 1.165) is 11.1 Å². The molecule has 2 aromatic rings. The molecular formula is C16H20N4O3S. The molecule has 8 heteroatoms. The van der Waals surface area contributed by atoms with Crippen LogP contribution in [0.15, 0.2) is 30.5 Å². The molecule has 0 spiro atoms. The fraction of sp³-hybridized carbons (Fsp3) is 0.250. The molecule has 0 fully saturated rings. The summed E-state index contributed by atoms with van der Waals surface area (Å²) in [5.74, 6) is 0.301. The molecule has 0 bridgehead atoms. The fourth-order valence-corrected chi connectivity index (χ4v) is 3.05. The summed E-state index contributed by atoms with van der Waals surface area (Å²) in [5, 5.41) is -1.46. The van der Waals surface area contributed by atoms with Crippen LogP contribution in [0.2, 0.25) is 0 Å². The average molecular weight is 348 g/mol.